The molecule has 0 aliphatic heterocycles. The molecule has 0 unspecified atom stereocenters. The maximum atomic E-state index is 5.85. The molecule has 0 atom stereocenters. The summed E-state index contributed by atoms with van der Waals surface area (Å²) in [7, 11) is 0. The van der Waals surface area contributed by atoms with Crippen LogP contribution in [-0.4, -0.2) is 0 Å². The van der Waals surface area contributed by atoms with Gasteiger partial charge >= 0.3 is 0 Å². The molecule has 2 N–H and O–H groups in total. The SMILES string of the molecule is CCCCCCc1cccc(N)c1C.Cl. The standard InChI is InChI=1S/C13H21N.ClH/c1-3-4-5-6-8-12-9-7-10-13(14)11(12)2;/h7,9-10H,3-6,8,14H2,1-2H3;1H. The number of nitrogen functional groups attached to an aromatic ring is 1. The summed E-state index contributed by atoms with van der Waals surface area (Å²) in [6.45, 7) is 4.36. The zero-order valence-electron chi connectivity index (χ0n) is 9.75. The van der Waals surface area contributed by atoms with Gasteiger partial charge in [0.1, 0.15) is 0 Å². The van der Waals surface area contributed by atoms with Crippen LogP contribution in [0, 0.1) is 6.92 Å². The van der Waals surface area contributed by atoms with Crippen molar-refractivity contribution in [3.8, 4) is 0 Å². The van der Waals surface area contributed by atoms with E-state index in [4.69, 9.17) is 5.73 Å². The van der Waals surface area contributed by atoms with Gasteiger partial charge in [-0.2, -0.15) is 0 Å². The van der Waals surface area contributed by atoms with Crippen molar-refractivity contribution in [2.45, 2.75) is 46.0 Å². The van der Waals surface area contributed by atoms with E-state index in [0.717, 1.165) is 5.69 Å². The number of halogens is 1. The van der Waals surface area contributed by atoms with Crippen molar-refractivity contribution in [2.24, 2.45) is 0 Å². The van der Waals surface area contributed by atoms with E-state index >= 15 is 0 Å². The summed E-state index contributed by atoms with van der Waals surface area (Å²) in [6, 6.07) is 6.22. The van der Waals surface area contributed by atoms with Crippen LogP contribution in [0.4, 0.5) is 5.69 Å². The second-order valence-corrected chi connectivity index (χ2v) is 3.94. The first-order chi connectivity index (χ1) is 6.75. The van der Waals surface area contributed by atoms with Gasteiger partial charge in [-0.15, -0.1) is 12.4 Å². The molecule has 1 rings (SSSR count). The Morgan fingerprint density at radius 1 is 1.13 bits per heavy atom. The van der Waals surface area contributed by atoms with Crippen molar-refractivity contribution < 1.29 is 0 Å². The molecule has 0 heterocycles. The third kappa shape index (κ3) is 4.57. The van der Waals surface area contributed by atoms with Gasteiger partial charge < -0.3 is 5.73 Å². The maximum Gasteiger partial charge on any atom is 0.0346 e. The summed E-state index contributed by atoms with van der Waals surface area (Å²) < 4.78 is 0. The number of hydrogen-bond donors (Lipinski definition) is 1. The highest BCUT2D eigenvalue weighted by Gasteiger charge is 2.00. The predicted octanol–water partition coefficient (Wildman–Crippen LogP) is 4.12. The second-order valence-electron chi connectivity index (χ2n) is 3.94. The van der Waals surface area contributed by atoms with Crippen LogP contribution in [0.1, 0.15) is 43.7 Å². The van der Waals surface area contributed by atoms with E-state index < -0.39 is 0 Å². The molecular formula is C13H22ClN. The largest absolute Gasteiger partial charge is 0.399 e. The summed E-state index contributed by atoms with van der Waals surface area (Å²) in [5.41, 5.74) is 9.47. The summed E-state index contributed by atoms with van der Waals surface area (Å²) in [5.74, 6) is 0. The summed E-state index contributed by atoms with van der Waals surface area (Å²) >= 11 is 0. The van der Waals surface area contributed by atoms with Crippen molar-refractivity contribution in [2.75, 3.05) is 5.73 Å². The molecule has 0 bridgehead atoms. The summed E-state index contributed by atoms with van der Waals surface area (Å²) in [6.07, 6.45) is 6.46. The van der Waals surface area contributed by atoms with Crippen molar-refractivity contribution in [1.29, 1.82) is 0 Å². The molecule has 0 aliphatic carbocycles. The molecule has 0 radical (unpaired) electrons. The summed E-state index contributed by atoms with van der Waals surface area (Å²) in [4.78, 5) is 0. The molecule has 0 amide bonds. The zero-order valence-corrected chi connectivity index (χ0v) is 10.6. The minimum atomic E-state index is 0. The minimum absolute atomic E-state index is 0. The normalized spacial score (nSPS) is 9.73. The average Bonchev–Trinajstić information content (AvgIpc) is 2.19. The Hall–Kier alpha value is -0.690. The number of nitrogens with two attached hydrogens (primary N) is 1. The monoisotopic (exact) mass is 227 g/mol. The van der Waals surface area contributed by atoms with Crippen LogP contribution < -0.4 is 5.73 Å². The average molecular weight is 228 g/mol. The molecule has 0 saturated heterocycles. The topological polar surface area (TPSA) is 26.0 Å². The van der Waals surface area contributed by atoms with Gasteiger partial charge in [0, 0.05) is 5.69 Å². The molecule has 1 nitrogen and oxygen atoms in total. The molecule has 0 spiro atoms. The first kappa shape index (κ1) is 14.3. The van der Waals surface area contributed by atoms with Gasteiger partial charge in [-0.3, -0.25) is 0 Å². The fourth-order valence-electron chi connectivity index (χ4n) is 1.72. The van der Waals surface area contributed by atoms with Crippen LogP contribution in [0.3, 0.4) is 0 Å². The van der Waals surface area contributed by atoms with Gasteiger partial charge in [0.15, 0.2) is 0 Å². The molecule has 15 heavy (non-hydrogen) atoms. The molecule has 2 heteroatoms. The lowest BCUT2D eigenvalue weighted by atomic mass is 10.0. The Bertz CT molecular complexity index is 284. The Labute approximate surface area is 99.5 Å². The van der Waals surface area contributed by atoms with Crippen LogP contribution >= 0.6 is 12.4 Å². The number of aryl methyl sites for hydroxylation is 1. The van der Waals surface area contributed by atoms with Gasteiger partial charge in [-0.05, 0) is 37.0 Å². The van der Waals surface area contributed by atoms with Crippen LogP contribution in [0.25, 0.3) is 0 Å². The van der Waals surface area contributed by atoms with E-state index in [9.17, 15) is 0 Å². The first-order valence-electron chi connectivity index (χ1n) is 5.59. The minimum Gasteiger partial charge on any atom is -0.399 e. The van der Waals surface area contributed by atoms with Gasteiger partial charge in [0.2, 0.25) is 0 Å². The van der Waals surface area contributed by atoms with E-state index in [1.807, 2.05) is 6.07 Å². The number of hydrogen-bond acceptors (Lipinski definition) is 1. The van der Waals surface area contributed by atoms with E-state index in [0.29, 0.717) is 0 Å². The fourth-order valence-corrected chi connectivity index (χ4v) is 1.72. The number of rotatable bonds is 5. The maximum absolute atomic E-state index is 5.85. The highest BCUT2D eigenvalue weighted by molar-refractivity contribution is 5.85. The highest BCUT2D eigenvalue weighted by Crippen LogP contribution is 2.17. The lowest BCUT2D eigenvalue weighted by Gasteiger charge is -2.07. The van der Waals surface area contributed by atoms with Gasteiger partial charge in [0.05, 0.1) is 0 Å². The van der Waals surface area contributed by atoms with Crippen LogP contribution in [0.5, 0.6) is 0 Å². The third-order valence-electron chi connectivity index (χ3n) is 2.79. The van der Waals surface area contributed by atoms with E-state index in [-0.39, 0.29) is 12.4 Å². The quantitative estimate of drug-likeness (QED) is 0.594. The van der Waals surface area contributed by atoms with E-state index in [2.05, 4.69) is 26.0 Å². The Morgan fingerprint density at radius 2 is 1.87 bits per heavy atom. The van der Waals surface area contributed by atoms with Crippen molar-refractivity contribution in [1.82, 2.24) is 0 Å². The van der Waals surface area contributed by atoms with Crippen LogP contribution in [0.15, 0.2) is 18.2 Å². The van der Waals surface area contributed by atoms with Gasteiger partial charge in [-0.1, -0.05) is 38.3 Å². The lowest BCUT2D eigenvalue weighted by Crippen LogP contribution is -1.95. The molecule has 1 aromatic rings. The smallest absolute Gasteiger partial charge is 0.0346 e. The summed E-state index contributed by atoms with van der Waals surface area (Å²) in [5, 5.41) is 0. The molecule has 0 aliphatic rings. The van der Waals surface area contributed by atoms with E-state index in [1.165, 1.54) is 43.2 Å². The highest BCUT2D eigenvalue weighted by atomic mass is 35.5. The van der Waals surface area contributed by atoms with Crippen molar-refractivity contribution in [3.05, 3.63) is 29.3 Å². The molecular weight excluding hydrogens is 206 g/mol. The number of unbranched alkanes of at least 4 members (excludes halogenated alkanes) is 3. The molecule has 0 fully saturated rings. The van der Waals surface area contributed by atoms with Crippen LogP contribution in [-0.2, 0) is 6.42 Å². The lowest BCUT2D eigenvalue weighted by molar-refractivity contribution is 0.666. The zero-order chi connectivity index (χ0) is 10.4. The second kappa shape index (κ2) is 7.58. The fraction of sp³-hybridized carbons (Fsp3) is 0.538. The number of anilines is 1. The molecule has 1 aromatic carbocycles. The third-order valence-corrected chi connectivity index (χ3v) is 2.79. The van der Waals surface area contributed by atoms with E-state index in [1.54, 1.807) is 0 Å². The van der Waals surface area contributed by atoms with Gasteiger partial charge in [-0.25, -0.2) is 0 Å². The van der Waals surface area contributed by atoms with Crippen LogP contribution in [0.2, 0.25) is 0 Å². The Morgan fingerprint density at radius 3 is 2.53 bits per heavy atom. The first-order valence-corrected chi connectivity index (χ1v) is 5.59. The Balaban J connectivity index is 0.00000196. The van der Waals surface area contributed by atoms with Crippen molar-refractivity contribution in [3.63, 3.8) is 0 Å². The molecule has 0 aromatic heterocycles. The molecule has 0 saturated carbocycles. The number of benzene rings is 1. The predicted molar refractivity (Wildman–Crippen MR) is 70.7 cm³/mol. The molecule has 86 valence electrons. The Kier molecular flexibility index (Phi) is 7.23. The van der Waals surface area contributed by atoms with Gasteiger partial charge in [0.25, 0.3) is 0 Å². The van der Waals surface area contributed by atoms with Crippen molar-refractivity contribution >= 4 is 18.1 Å².